The Bertz CT molecular complexity index is 742. The lowest BCUT2D eigenvalue weighted by Gasteiger charge is -2.02. The summed E-state index contributed by atoms with van der Waals surface area (Å²) < 4.78 is 13.7. The molecule has 0 atom stereocenters. The minimum Gasteiger partial charge on any atom is -0.357 e. The number of nitrogens with one attached hydrogen (secondary N) is 1. The fraction of sp³-hybridized carbons (Fsp3) is 0.133. The van der Waals surface area contributed by atoms with Gasteiger partial charge in [-0.1, -0.05) is 30.3 Å². The average molecular weight is 300 g/mol. The van der Waals surface area contributed by atoms with E-state index >= 15 is 0 Å². The predicted octanol–water partition coefficient (Wildman–Crippen LogP) is 3.37. The van der Waals surface area contributed by atoms with Gasteiger partial charge in [-0.2, -0.15) is 0 Å². The fourth-order valence-corrected chi connectivity index (χ4v) is 2.73. The first-order valence-electron chi connectivity index (χ1n) is 6.45. The van der Waals surface area contributed by atoms with E-state index in [0.29, 0.717) is 18.1 Å². The van der Waals surface area contributed by atoms with Crippen molar-refractivity contribution in [1.29, 1.82) is 0 Å². The van der Waals surface area contributed by atoms with Crippen molar-refractivity contribution in [1.82, 2.24) is 15.0 Å². The molecule has 0 aliphatic carbocycles. The standard InChI is InChI=1S/C15H13FN4S/c1-17-15-18-8-11(16)12(20-15)7-14-19-13(9-21-14)10-5-3-2-4-6-10/h2-6,8-9H,7H2,1H3,(H,17,18,20). The number of nitrogens with zero attached hydrogens (tertiary/aromatic N) is 3. The SMILES string of the molecule is CNc1ncc(F)c(Cc2nc(-c3ccccc3)cs2)n1. The second-order valence-electron chi connectivity index (χ2n) is 4.41. The molecule has 2 aromatic heterocycles. The van der Waals surface area contributed by atoms with Gasteiger partial charge in [0.05, 0.1) is 22.6 Å². The Morgan fingerprint density at radius 2 is 2.00 bits per heavy atom. The third-order valence-electron chi connectivity index (χ3n) is 2.98. The van der Waals surface area contributed by atoms with Crippen LogP contribution in [0.15, 0.2) is 41.9 Å². The monoisotopic (exact) mass is 300 g/mol. The van der Waals surface area contributed by atoms with Crippen LogP contribution < -0.4 is 5.32 Å². The van der Waals surface area contributed by atoms with Crippen LogP contribution >= 0.6 is 11.3 Å². The molecule has 0 fully saturated rings. The minimum absolute atomic E-state index is 0.350. The Labute approximate surface area is 125 Å². The van der Waals surface area contributed by atoms with Gasteiger partial charge in [-0.3, -0.25) is 0 Å². The topological polar surface area (TPSA) is 50.7 Å². The van der Waals surface area contributed by atoms with Crippen molar-refractivity contribution in [3.05, 3.63) is 58.4 Å². The molecule has 6 heteroatoms. The summed E-state index contributed by atoms with van der Waals surface area (Å²) in [6, 6.07) is 9.91. The summed E-state index contributed by atoms with van der Waals surface area (Å²) in [6.07, 6.45) is 1.54. The highest BCUT2D eigenvalue weighted by Crippen LogP contribution is 2.23. The number of aromatic nitrogens is 3. The van der Waals surface area contributed by atoms with Crippen LogP contribution in [0, 0.1) is 5.82 Å². The highest BCUT2D eigenvalue weighted by Gasteiger charge is 2.11. The highest BCUT2D eigenvalue weighted by atomic mass is 32.1. The normalized spacial score (nSPS) is 10.6. The molecule has 0 saturated heterocycles. The summed E-state index contributed by atoms with van der Waals surface area (Å²) in [5, 5.41) is 5.61. The van der Waals surface area contributed by atoms with E-state index in [1.54, 1.807) is 7.05 Å². The molecule has 0 radical (unpaired) electrons. The molecule has 4 nitrogen and oxygen atoms in total. The summed E-state index contributed by atoms with van der Waals surface area (Å²) in [7, 11) is 1.70. The molecule has 0 unspecified atom stereocenters. The Hall–Kier alpha value is -2.34. The lowest BCUT2D eigenvalue weighted by molar-refractivity contribution is 0.596. The maximum absolute atomic E-state index is 13.7. The first-order valence-corrected chi connectivity index (χ1v) is 7.33. The molecule has 3 aromatic rings. The van der Waals surface area contributed by atoms with Gasteiger partial charge in [0.1, 0.15) is 0 Å². The molecule has 0 spiro atoms. The highest BCUT2D eigenvalue weighted by molar-refractivity contribution is 7.10. The lowest BCUT2D eigenvalue weighted by atomic mass is 10.2. The van der Waals surface area contributed by atoms with Gasteiger partial charge < -0.3 is 5.32 Å². The fourth-order valence-electron chi connectivity index (χ4n) is 1.92. The summed E-state index contributed by atoms with van der Waals surface area (Å²) in [4.78, 5) is 12.5. The van der Waals surface area contributed by atoms with Crippen molar-refractivity contribution in [2.45, 2.75) is 6.42 Å². The molecule has 106 valence electrons. The number of rotatable bonds is 4. The largest absolute Gasteiger partial charge is 0.357 e. The van der Waals surface area contributed by atoms with Gasteiger partial charge in [-0.15, -0.1) is 11.3 Å². The number of hydrogen-bond donors (Lipinski definition) is 1. The van der Waals surface area contributed by atoms with Crippen LogP contribution in [0.1, 0.15) is 10.7 Å². The van der Waals surface area contributed by atoms with Crippen molar-refractivity contribution in [2.75, 3.05) is 12.4 Å². The maximum atomic E-state index is 13.7. The Morgan fingerprint density at radius 1 is 1.19 bits per heavy atom. The molecule has 3 rings (SSSR count). The van der Waals surface area contributed by atoms with Crippen LogP contribution in [0.4, 0.5) is 10.3 Å². The van der Waals surface area contributed by atoms with E-state index in [1.165, 1.54) is 17.5 Å². The van der Waals surface area contributed by atoms with Gasteiger partial charge in [0.15, 0.2) is 5.82 Å². The molecular weight excluding hydrogens is 287 g/mol. The van der Waals surface area contributed by atoms with Crippen LogP contribution in [-0.4, -0.2) is 22.0 Å². The van der Waals surface area contributed by atoms with Crippen LogP contribution in [-0.2, 0) is 6.42 Å². The van der Waals surface area contributed by atoms with Crippen LogP contribution in [0.3, 0.4) is 0 Å². The van der Waals surface area contributed by atoms with Crippen LogP contribution in [0.2, 0.25) is 0 Å². The first-order chi connectivity index (χ1) is 10.3. The molecule has 2 heterocycles. The van der Waals surface area contributed by atoms with E-state index in [0.717, 1.165) is 16.3 Å². The first kappa shape index (κ1) is 13.6. The van der Waals surface area contributed by atoms with Crippen molar-refractivity contribution in [2.24, 2.45) is 0 Å². The number of halogens is 1. The molecule has 0 aliphatic rings. The van der Waals surface area contributed by atoms with E-state index in [-0.39, 0.29) is 0 Å². The van der Waals surface area contributed by atoms with E-state index in [1.807, 2.05) is 35.7 Å². The quantitative estimate of drug-likeness (QED) is 0.802. The zero-order valence-corrected chi connectivity index (χ0v) is 12.2. The van der Waals surface area contributed by atoms with Gasteiger partial charge in [-0.25, -0.2) is 19.3 Å². The van der Waals surface area contributed by atoms with Crippen LogP contribution in [0.25, 0.3) is 11.3 Å². The Balaban J connectivity index is 1.85. The van der Waals surface area contributed by atoms with Gasteiger partial charge in [0.25, 0.3) is 0 Å². The van der Waals surface area contributed by atoms with Gasteiger partial charge >= 0.3 is 0 Å². The van der Waals surface area contributed by atoms with Gasteiger partial charge in [0.2, 0.25) is 5.95 Å². The molecule has 1 N–H and O–H groups in total. The number of benzene rings is 1. The third-order valence-corrected chi connectivity index (χ3v) is 3.83. The summed E-state index contributed by atoms with van der Waals surface area (Å²) in [5.41, 5.74) is 2.31. The maximum Gasteiger partial charge on any atom is 0.222 e. The summed E-state index contributed by atoms with van der Waals surface area (Å²) >= 11 is 1.50. The van der Waals surface area contributed by atoms with Crippen molar-refractivity contribution in [3.8, 4) is 11.3 Å². The van der Waals surface area contributed by atoms with Crippen LogP contribution in [0.5, 0.6) is 0 Å². The van der Waals surface area contributed by atoms with Gasteiger partial charge in [-0.05, 0) is 0 Å². The molecule has 1 aromatic carbocycles. The van der Waals surface area contributed by atoms with Crippen molar-refractivity contribution >= 4 is 17.3 Å². The molecule has 0 saturated carbocycles. The number of hydrogen-bond acceptors (Lipinski definition) is 5. The second kappa shape index (κ2) is 5.97. The smallest absolute Gasteiger partial charge is 0.222 e. The van der Waals surface area contributed by atoms with E-state index in [4.69, 9.17) is 0 Å². The van der Waals surface area contributed by atoms with E-state index < -0.39 is 5.82 Å². The number of anilines is 1. The zero-order valence-electron chi connectivity index (χ0n) is 11.4. The van der Waals surface area contributed by atoms with E-state index in [2.05, 4.69) is 20.3 Å². The Kier molecular flexibility index (Phi) is 3.87. The predicted molar refractivity (Wildman–Crippen MR) is 81.9 cm³/mol. The molecule has 0 amide bonds. The summed E-state index contributed by atoms with van der Waals surface area (Å²) in [5.74, 6) is -0.00306. The van der Waals surface area contributed by atoms with Crippen molar-refractivity contribution in [3.63, 3.8) is 0 Å². The van der Waals surface area contributed by atoms with E-state index in [9.17, 15) is 4.39 Å². The summed E-state index contributed by atoms with van der Waals surface area (Å²) in [6.45, 7) is 0. The second-order valence-corrected chi connectivity index (χ2v) is 5.35. The number of thiazole rings is 1. The average Bonchev–Trinajstić information content (AvgIpc) is 2.99. The molecular formula is C15H13FN4S. The van der Waals surface area contributed by atoms with Crippen molar-refractivity contribution < 1.29 is 4.39 Å². The zero-order chi connectivity index (χ0) is 14.7. The minimum atomic E-state index is -0.412. The Morgan fingerprint density at radius 3 is 2.76 bits per heavy atom. The molecule has 21 heavy (non-hydrogen) atoms. The lowest BCUT2D eigenvalue weighted by Crippen LogP contribution is -2.03. The molecule has 0 bridgehead atoms. The molecule has 0 aliphatic heterocycles. The third kappa shape index (κ3) is 3.05. The van der Waals surface area contributed by atoms with Gasteiger partial charge in [0, 0.05) is 24.4 Å².